The number of aliphatic carboxylic acids is 1. The molecule has 1 saturated heterocycles. The summed E-state index contributed by atoms with van der Waals surface area (Å²) in [5, 5.41) is 11.7. The number of nitrogens with zero attached hydrogens (tertiary/aromatic N) is 2. The molecule has 1 aromatic heterocycles. The van der Waals surface area contributed by atoms with Crippen LogP contribution >= 0.6 is 23.1 Å². The predicted molar refractivity (Wildman–Crippen MR) is 127 cm³/mol. The normalized spacial score (nSPS) is 13.8. The molecule has 7 nitrogen and oxygen atoms in total. The van der Waals surface area contributed by atoms with Gasteiger partial charge in [-0.05, 0) is 49.6 Å². The maximum absolute atomic E-state index is 13.0. The van der Waals surface area contributed by atoms with Crippen molar-refractivity contribution >= 4 is 56.8 Å². The number of nitrogens with one attached hydrogen (secondary N) is 1. The van der Waals surface area contributed by atoms with E-state index in [4.69, 9.17) is 5.11 Å². The first-order valence-electron chi connectivity index (χ1n) is 10.5. The number of likely N-dealkylation sites (tertiary alicyclic amines) is 1. The van der Waals surface area contributed by atoms with Gasteiger partial charge in [0, 0.05) is 24.5 Å². The second kappa shape index (κ2) is 10.1. The van der Waals surface area contributed by atoms with Gasteiger partial charge in [0.1, 0.15) is 0 Å². The van der Waals surface area contributed by atoms with Crippen LogP contribution in [0.5, 0.6) is 0 Å². The van der Waals surface area contributed by atoms with E-state index in [0.29, 0.717) is 22.6 Å². The number of carboxylic acids is 1. The lowest BCUT2D eigenvalue weighted by atomic mass is 10.0. The minimum Gasteiger partial charge on any atom is -0.481 e. The number of aromatic nitrogens is 1. The van der Waals surface area contributed by atoms with Gasteiger partial charge in [0.2, 0.25) is 0 Å². The van der Waals surface area contributed by atoms with Gasteiger partial charge in [0.15, 0.2) is 4.34 Å². The Bertz CT molecular complexity index is 1160. The number of rotatable bonds is 7. The van der Waals surface area contributed by atoms with Gasteiger partial charge in [-0.1, -0.05) is 23.9 Å². The van der Waals surface area contributed by atoms with Crippen LogP contribution in [-0.2, 0) is 4.79 Å². The molecular weight excluding hydrogens is 446 g/mol. The minimum atomic E-state index is -0.831. The van der Waals surface area contributed by atoms with Crippen LogP contribution in [0.4, 0.5) is 5.69 Å². The van der Waals surface area contributed by atoms with Crippen molar-refractivity contribution in [2.24, 2.45) is 0 Å². The largest absolute Gasteiger partial charge is 0.481 e. The fourth-order valence-corrected chi connectivity index (χ4v) is 5.71. The fourth-order valence-electron chi connectivity index (χ4n) is 3.60. The van der Waals surface area contributed by atoms with Crippen LogP contribution < -0.4 is 5.32 Å². The number of piperidine rings is 1. The molecule has 2 amide bonds. The quantitative estimate of drug-likeness (QED) is 0.485. The van der Waals surface area contributed by atoms with Crippen LogP contribution in [0.2, 0.25) is 0 Å². The lowest BCUT2D eigenvalue weighted by Crippen LogP contribution is -2.36. The molecule has 0 bridgehead atoms. The molecule has 2 heterocycles. The second-order valence-corrected chi connectivity index (χ2v) is 9.88. The second-order valence-electron chi connectivity index (χ2n) is 7.51. The van der Waals surface area contributed by atoms with E-state index >= 15 is 0 Å². The summed E-state index contributed by atoms with van der Waals surface area (Å²) in [4.78, 5) is 43.0. The van der Waals surface area contributed by atoms with Gasteiger partial charge in [-0.3, -0.25) is 14.4 Å². The minimum absolute atomic E-state index is 0.0808. The zero-order valence-electron chi connectivity index (χ0n) is 17.4. The fraction of sp³-hybridized carbons (Fsp3) is 0.304. The Labute approximate surface area is 193 Å². The number of thiazole rings is 1. The zero-order valence-corrected chi connectivity index (χ0v) is 19.0. The van der Waals surface area contributed by atoms with Crippen LogP contribution in [-0.4, -0.2) is 51.6 Å². The summed E-state index contributed by atoms with van der Waals surface area (Å²) >= 11 is 2.87. The summed E-state index contributed by atoms with van der Waals surface area (Å²) < 4.78 is 1.69. The average molecular weight is 470 g/mol. The van der Waals surface area contributed by atoms with Gasteiger partial charge in [-0.25, -0.2) is 4.98 Å². The lowest BCUT2D eigenvalue weighted by Gasteiger charge is -2.27. The molecule has 1 fully saturated rings. The molecular formula is C23H23N3O4S2. The first kappa shape index (κ1) is 22.3. The first-order chi connectivity index (χ1) is 15.5. The molecule has 0 unspecified atom stereocenters. The molecule has 1 aliphatic rings. The van der Waals surface area contributed by atoms with E-state index in [-0.39, 0.29) is 18.2 Å². The number of hydrogen-bond donors (Lipinski definition) is 2. The molecule has 1 aliphatic heterocycles. The van der Waals surface area contributed by atoms with Gasteiger partial charge < -0.3 is 15.3 Å². The lowest BCUT2D eigenvalue weighted by molar-refractivity contribution is -0.136. The maximum Gasteiger partial charge on any atom is 0.304 e. The Morgan fingerprint density at radius 1 is 1.06 bits per heavy atom. The molecule has 4 rings (SSSR count). The van der Waals surface area contributed by atoms with Gasteiger partial charge in [-0.2, -0.15) is 0 Å². The molecule has 3 aromatic rings. The Balaban J connectivity index is 1.49. The van der Waals surface area contributed by atoms with E-state index in [2.05, 4.69) is 10.3 Å². The third kappa shape index (κ3) is 5.28. The highest BCUT2D eigenvalue weighted by molar-refractivity contribution is 8.01. The molecule has 2 aromatic carbocycles. The van der Waals surface area contributed by atoms with Crippen molar-refractivity contribution in [2.45, 2.75) is 30.0 Å². The highest BCUT2D eigenvalue weighted by Gasteiger charge is 2.23. The van der Waals surface area contributed by atoms with Crippen molar-refractivity contribution in [3.05, 3.63) is 53.6 Å². The van der Waals surface area contributed by atoms with Gasteiger partial charge in [-0.15, -0.1) is 11.3 Å². The smallest absolute Gasteiger partial charge is 0.304 e. The average Bonchev–Trinajstić information content (AvgIpc) is 3.21. The first-order valence-corrected chi connectivity index (χ1v) is 12.3. The van der Waals surface area contributed by atoms with Crippen molar-refractivity contribution in [1.82, 2.24) is 9.88 Å². The van der Waals surface area contributed by atoms with Crippen LogP contribution in [0.25, 0.3) is 10.2 Å². The number of carbonyl (C=O) groups is 3. The van der Waals surface area contributed by atoms with Crippen molar-refractivity contribution < 1.29 is 19.5 Å². The number of carboxylic acid groups (broad SMARTS) is 1. The Morgan fingerprint density at radius 3 is 2.56 bits per heavy atom. The summed E-state index contributed by atoms with van der Waals surface area (Å²) in [6.07, 6.45) is 3.19. The van der Waals surface area contributed by atoms with E-state index in [9.17, 15) is 14.4 Å². The molecule has 0 atom stereocenters. The number of hydrogen-bond acceptors (Lipinski definition) is 6. The number of carbonyl (C=O) groups excluding carboxylic acids is 2. The van der Waals surface area contributed by atoms with E-state index < -0.39 is 5.97 Å². The molecule has 0 spiro atoms. The van der Waals surface area contributed by atoms with Crippen molar-refractivity contribution in [3.63, 3.8) is 0 Å². The summed E-state index contributed by atoms with van der Waals surface area (Å²) in [6, 6.07) is 12.4. The third-order valence-electron chi connectivity index (χ3n) is 5.21. The molecule has 2 N–H and O–H groups in total. The highest BCUT2D eigenvalue weighted by atomic mass is 32.2. The van der Waals surface area contributed by atoms with Crippen molar-refractivity contribution in [3.8, 4) is 0 Å². The number of anilines is 1. The van der Waals surface area contributed by atoms with E-state index in [1.165, 1.54) is 23.1 Å². The summed E-state index contributed by atoms with van der Waals surface area (Å²) in [7, 11) is 0. The maximum atomic E-state index is 13.0. The standard InChI is InChI=1S/C23H23N3O4S2/c27-20(28)10-13-31-23-25-18-9-8-15(14-19(18)32-23)24-21(29)16-6-2-3-7-17(16)22(30)26-11-4-1-5-12-26/h2-3,6-9,14H,1,4-5,10-13H2,(H,24,29)(H,27,28). The number of amides is 2. The summed E-state index contributed by atoms with van der Waals surface area (Å²) in [6.45, 7) is 1.45. The molecule has 166 valence electrons. The monoisotopic (exact) mass is 469 g/mol. The number of fused-ring (bicyclic) bond motifs is 1. The third-order valence-corrected chi connectivity index (χ3v) is 7.38. The Kier molecular flexibility index (Phi) is 7.06. The number of thioether (sulfide) groups is 1. The summed E-state index contributed by atoms with van der Waals surface area (Å²) in [5.74, 6) is -0.800. The van der Waals surface area contributed by atoms with Crippen LogP contribution in [0.15, 0.2) is 46.8 Å². The molecule has 9 heteroatoms. The van der Waals surface area contributed by atoms with E-state index in [1.54, 1.807) is 30.3 Å². The predicted octanol–water partition coefficient (Wildman–Crippen LogP) is 4.74. The van der Waals surface area contributed by atoms with Crippen LogP contribution in [0, 0.1) is 0 Å². The molecule has 0 radical (unpaired) electrons. The van der Waals surface area contributed by atoms with E-state index in [1.807, 2.05) is 17.0 Å². The van der Waals surface area contributed by atoms with Crippen LogP contribution in [0.3, 0.4) is 0 Å². The Hall–Kier alpha value is -2.91. The van der Waals surface area contributed by atoms with Crippen LogP contribution in [0.1, 0.15) is 46.4 Å². The molecule has 0 aliphatic carbocycles. The zero-order chi connectivity index (χ0) is 22.5. The van der Waals surface area contributed by atoms with Crippen molar-refractivity contribution in [2.75, 3.05) is 24.2 Å². The number of benzene rings is 2. The van der Waals surface area contributed by atoms with E-state index in [0.717, 1.165) is 46.9 Å². The van der Waals surface area contributed by atoms with Gasteiger partial charge >= 0.3 is 5.97 Å². The Morgan fingerprint density at radius 2 is 1.81 bits per heavy atom. The highest BCUT2D eigenvalue weighted by Crippen LogP contribution is 2.31. The summed E-state index contributed by atoms with van der Waals surface area (Å²) in [5.41, 5.74) is 2.19. The van der Waals surface area contributed by atoms with Gasteiger partial charge in [0.25, 0.3) is 11.8 Å². The molecule has 0 saturated carbocycles. The SMILES string of the molecule is O=C(O)CCSc1nc2ccc(NC(=O)c3ccccc3C(=O)N3CCCCC3)cc2s1. The van der Waals surface area contributed by atoms with Gasteiger partial charge in [0.05, 0.1) is 27.8 Å². The topological polar surface area (TPSA) is 99.6 Å². The van der Waals surface area contributed by atoms with Crippen molar-refractivity contribution in [1.29, 1.82) is 0 Å². The molecule has 32 heavy (non-hydrogen) atoms.